The summed E-state index contributed by atoms with van der Waals surface area (Å²) in [5.74, 6) is 0.340. The first-order chi connectivity index (χ1) is 17.4. The molecule has 0 spiro atoms. The molecule has 3 aromatic carbocycles. The highest BCUT2D eigenvalue weighted by molar-refractivity contribution is 5.94. The number of halogens is 1. The Morgan fingerprint density at radius 2 is 1.64 bits per heavy atom. The van der Waals surface area contributed by atoms with Gasteiger partial charge in [0.1, 0.15) is 5.82 Å². The van der Waals surface area contributed by atoms with E-state index < -0.39 is 0 Å². The van der Waals surface area contributed by atoms with Crippen LogP contribution in [0, 0.1) is 19.7 Å². The van der Waals surface area contributed by atoms with Gasteiger partial charge in [-0.3, -0.25) is 4.79 Å². The SMILES string of the molecule is Cc1nnc(-c2nn(-c3ccc(C(=O)N(C)Cc4ccccc4)cc3)c(-c3ccc(F)cc3)c2C)o1. The average Bonchev–Trinajstić information content (AvgIpc) is 3.47. The number of aromatic nitrogens is 4. The molecule has 0 N–H and O–H groups in total. The maximum absolute atomic E-state index is 13.6. The van der Waals surface area contributed by atoms with E-state index in [9.17, 15) is 9.18 Å². The van der Waals surface area contributed by atoms with Gasteiger partial charge < -0.3 is 9.32 Å². The highest BCUT2D eigenvalue weighted by Gasteiger charge is 2.22. The lowest BCUT2D eigenvalue weighted by Crippen LogP contribution is -2.26. The minimum atomic E-state index is -0.322. The largest absolute Gasteiger partial charge is 0.420 e. The number of hydrogen-bond acceptors (Lipinski definition) is 5. The number of rotatable bonds is 6. The van der Waals surface area contributed by atoms with Crippen molar-refractivity contribution in [3.05, 3.63) is 107 Å². The third kappa shape index (κ3) is 4.53. The van der Waals surface area contributed by atoms with Crippen molar-refractivity contribution in [3.8, 4) is 28.5 Å². The van der Waals surface area contributed by atoms with E-state index in [1.165, 1.54) is 12.1 Å². The number of aryl methyl sites for hydroxylation is 1. The third-order valence-corrected chi connectivity index (χ3v) is 5.94. The van der Waals surface area contributed by atoms with Gasteiger partial charge in [-0.25, -0.2) is 9.07 Å². The molecule has 0 saturated carbocycles. The lowest BCUT2D eigenvalue weighted by Gasteiger charge is -2.17. The summed E-state index contributed by atoms with van der Waals surface area (Å²) in [6.07, 6.45) is 0. The number of nitrogens with zero attached hydrogens (tertiary/aromatic N) is 5. The lowest BCUT2D eigenvalue weighted by atomic mass is 10.1. The fourth-order valence-corrected chi connectivity index (χ4v) is 4.12. The van der Waals surface area contributed by atoms with Crippen LogP contribution in [0.5, 0.6) is 0 Å². The molecule has 2 aromatic heterocycles. The van der Waals surface area contributed by atoms with Gasteiger partial charge in [0.2, 0.25) is 5.89 Å². The molecule has 5 aromatic rings. The van der Waals surface area contributed by atoms with Gasteiger partial charge in [-0.1, -0.05) is 30.3 Å². The first-order valence-electron chi connectivity index (χ1n) is 11.5. The Labute approximate surface area is 207 Å². The normalized spacial score (nSPS) is 11.0. The molecule has 0 unspecified atom stereocenters. The quantitative estimate of drug-likeness (QED) is 0.315. The summed E-state index contributed by atoms with van der Waals surface area (Å²) in [6.45, 7) is 4.14. The van der Waals surface area contributed by atoms with Crippen LogP contribution in [0.1, 0.15) is 27.4 Å². The van der Waals surface area contributed by atoms with E-state index in [1.54, 1.807) is 47.8 Å². The molecule has 0 saturated heterocycles. The summed E-state index contributed by atoms with van der Waals surface area (Å²) in [5, 5.41) is 12.8. The van der Waals surface area contributed by atoms with Crippen molar-refractivity contribution in [2.24, 2.45) is 0 Å². The van der Waals surface area contributed by atoms with Gasteiger partial charge >= 0.3 is 0 Å². The monoisotopic (exact) mass is 481 g/mol. The summed E-state index contributed by atoms with van der Waals surface area (Å²) in [5.41, 5.74) is 5.27. The van der Waals surface area contributed by atoms with Crippen LogP contribution in [0.2, 0.25) is 0 Å². The van der Waals surface area contributed by atoms with Crippen LogP contribution in [-0.4, -0.2) is 37.8 Å². The van der Waals surface area contributed by atoms with Crippen molar-refractivity contribution >= 4 is 5.91 Å². The molecule has 2 heterocycles. The fraction of sp³-hybridized carbons (Fsp3) is 0.143. The summed E-state index contributed by atoms with van der Waals surface area (Å²) >= 11 is 0. The van der Waals surface area contributed by atoms with Gasteiger partial charge in [-0.15, -0.1) is 10.2 Å². The van der Waals surface area contributed by atoms with Crippen molar-refractivity contribution in [3.63, 3.8) is 0 Å². The van der Waals surface area contributed by atoms with E-state index in [1.807, 2.05) is 49.4 Å². The van der Waals surface area contributed by atoms with Gasteiger partial charge in [0.15, 0.2) is 5.69 Å². The molecule has 0 aliphatic carbocycles. The number of benzene rings is 3. The van der Waals surface area contributed by atoms with Crippen LogP contribution in [0.15, 0.2) is 83.3 Å². The molecule has 7 nitrogen and oxygen atoms in total. The van der Waals surface area contributed by atoms with Gasteiger partial charge in [-0.2, -0.15) is 5.10 Å². The van der Waals surface area contributed by atoms with Crippen molar-refractivity contribution in [1.29, 1.82) is 0 Å². The highest BCUT2D eigenvalue weighted by Crippen LogP contribution is 2.33. The smallest absolute Gasteiger partial charge is 0.268 e. The van der Waals surface area contributed by atoms with Crippen LogP contribution in [0.3, 0.4) is 0 Å². The van der Waals surface area contributed by atoms with E-state index in [4.69, 9.17) is 9.52 Å². The van der Waals surface area contributed by atoms with Crippen LogP contribution >= 0.6 is 0 Å². The zero-order valence-corrected chi connectivity index (χ0v) is 20.1. The summed E-state index contributed by atoms with van der Waals surface area (Å²) in [7, 11) is 1.78. The van der Waals surface area contributed by atoms with E-state index in [-0.39, 0.29) is 11.7 Å². The van der Waals surface area contributed by atoms with Crippen LogP contribution in [0.25, 0.3) is 28.5 Å². The number of hydrogen-bond donors (Lipinski definition) is 0. The minimum Gasteiger partial charge on any atom is -0.420 e. The molecule has 0 aliphatic rings. The van der Waals surface area contributed by atoms with E-state index in [0.29, 0.717) is 29.6 Å². The Hall–Kier alpha value is -4.59. The van der Waals surface area contributed by atoms with Gasteiger partial charge in [0.05, 0.1) is 11.4 Å². The molecule has 1 amide bonds. The molecule has 0 bridgehead atoms. The number of carbonyl (C=O) groups is 1. The maximum Gasteiger partial charge on any atom is 0.268 e. The Morgan fingerprint density at radius 1 is 0.944 bits per heavy atom. The summed E-state index contributed by atoms with van der Waals surface area (Å²) in [6, 6.07) is 23.3. The number of amides is 1. The predicted molar refractivity (Wildman–Crippen MR) is 134 cm³/mol. The maximum atomic E-state index is 13.6. The molecule has 5 rings (SSSR count). The van der Waals surface area contributed by atoms with E-state index in [2.05, 4.69) is 10.2 Å². The van der Waals surface area contributed by atoms with E-state index >= 15 is 0 Å². The molecular weight excluding hydrogens is 457 g/mol. The minimum absolute atomic E-state index is 0.0807. The van der Waals surface area contributed by atoms with Crippen molar-refractivity contribution in [2.75, 3.05) is 7.05 Å². The summed E-state index contributed by atoms with van der Waals surface area (Å²) in [4.78, 5) is 14.7. The molecule has 36 heavy (non-hydrogen) atoms. The fourth-order valence-electron chi connectivity index (χ4n) is 4.12. The molecule has 0 fully saturated rings. The first-order valence-corrected chi connectivity index (χ1v) is 11.5. The summed E-state index contributed by atoms with van der Waals surface area (Å²) < 4.78 is 21.0. The molecule has 180 valence electrons. The Kier molecular flexibility index (Phi) is 6.16. The Bertz CT molecular complexity index is 1510. The second-order valence-electron chi connectivity index (χ2n) is 8.56. The average molecular weight is 482 g/mol. The lowest BCUT2D eigenvalue weighted by molar-refractivity contribution is 0.0785. The van der Waals surface area contributed by atoms with Crippen LogP contribution in [0.4, 0.5) is 4.39 Å². The Balaban J connectivity index is 1.50. The Morgan fingerprint density at radius 3 is 2.28 bits per heavy atom. The van der Waals surface area contributed by atoms with Gasteiger partial charge in [-0.05, 0) is 61.0 Å². The number of carbonyl (C=O) groups excluding carboxylic acids is 1. The topological polar surface area (TPSA) is 77.1 Å². The second kappa shape index (κ2) is 9.58. The molecule has 8 heteroatoms. The molecule has 0 aliphatic heterocycles. The zero-order valence-electron chi connectivity index (χ0n) is 20.1. The van der Waals surface area contributed by atoms with Crippen molar-refractivity contribution < 1.29 is 13.6 Å². The molecule has 0 radical (unpaired) electrons. The molecular formula is C28H24FN5O2. The first kappa shape index (κ1) is 23.2. The predicted octanol–water partition coefficient (Wildman–Crippen LogP) is 5.62. The zero-order chi connectivity index (χ0) is 25.2. The third-order valence-electron chi connectivity index (χ3n) is 5.94. The van der Waals surface area contributed by atoms with Crippen LogP contribution < -0.4 is 0 Å². The van der Waals surface area contributed by atoms with Crippen molar-refractivity contribution in [1.82, 2.24) is 24.9 Å². The molecule has 0 atom stereocenters. The van der Waals surface area contributed by atoms with Crippen molar-refractivity contribution in [2.45, 2.75) is 20.4 Å². The van der Waals surface area contributed by atoms with Crippen LogP contribution in [-0.2, 0) is 6.54 Å². The standard InChI is InChI=1S/C28H24FN5O2/c1-18-25(27-31-30-19(2)36-27)32-34(26(18)21-9-13-23(29)14-10-21)24-15-11-22(12-16-24)28(35)33(3)17-20-7-5-4-6-8-20/h4-16H,17H2,1-3H3. The second-order valence-corrected chi connectivity index (χ2v) is 8.56. The van der Waals surface area contributed by atoms with E-state index in [0.717, 1.165) is 28.1 Å². The van der Waals surface area contributed by atoms with Gasteiger partial charge in [0, 0.05) is 37.2 Å². The highest BCUT2D eigenvalue weighted by atomic mass is 19.1. The van der Waals surface area contributed by atoms with Gasteiger partial charge in [0.25, 0.3) is 11.8 Å².